The number of benzene rings is 2. The number of ether oxygens (including phenoxy) is 2. The van der Waals surface area contributed by atoms with Crippen LogP contribution >= 0.6 is 0 Å². The molecule has 0 aliphatic carbocycles. The van der Waals surface area contributed by atoms with Gasteiger partial charge in [0, 0.05) is 24.1 Å². The quantitative estimate of drug-likeness (QED) is 0.898. The monoisotopic (exact) mass is 329 g/mol. The Morgan fingerprint density at radius 3 is 2.33 bits per heavy atom. The maximum atomic E-state index is 13.2. The Hall–Kier alpha value is -2.56. The third kappa shape index (κ3) is 3.20. The number of halogens is 1. The molecule has 1 amide bonds. The Kier molecular flexibility index (Phi) is 4.69. The van der Waals surface area contributed by atoms with Gasteiger partial charge in [-0.1, -0.05) is 12.1 Å². The predicted octanol–water partition coefficient (Wildman–Crippen LogP) is 4.10. The van der Waals surface area contributed by atoms with Crippen molar-refractivity contribution in [3.8, 4) is 11.5 Å². The molecule has 0 saturated heterocycles. The Morgan fingerprint density at radius 2 is 1.71 bits per heavy atom. The second-order valence-electron chi connectivity index (χ2n) is 5.61. The van der Waals surface area contributed by atoms with Crippen LogP contribution in [0.15, 0.2) is 36.4 Å². The van der Waals surface area contributed by atoms with Crippen LogP contribution in [0.25, 0.3) is 0 Å². The summed E-state index contributed by atoms with van der Waals surface area (Å²) in [6.07, 6.45) is 0.318. The summed E-state index contributed by atoms with van der Waals surface area (Å²) in [5, 5.41) is 2.89. The summed E-state index contributed by atoms with van der Waals surface area (Å²) in [6.45, 7) is 4.84. The molecule has 1 atom stereocenters. The fourth-order valence-corrected chi connectivity index (χ4v) is 3.00. The van der Waals surface area contributed by atoms with Crippen molar-refractivity contribution in [2.75, 3.05) is 18.5 Å². The van der Waals surface area contributed by atoms with Crippen molar-refractivity contribution in [1.29, 1.82) is 0 Å². The Bertz CT molecular complexity index is 743. The molecule has 0 saturated carbocycles. The molecule has 1 aliphatic heterocycles. The van der Waals surface area contributed by atoms with Gasteiger partial charge in [-0.25, -0.2) is 4.39 Å². The van der Waals surface area contributed by atoms with E-state index in [-0.39, 0.29) is 17.6 Å². The molecule has 2 aromatic carbocycles. The van der Waals surface area contributed by atoms with Crippen molar-refractivity contribution < 1.29 is 18.7 Å². The third-order valence-electron chi connectivity index (χ3n) is 4.03. The predicted molar refractivity (Wildman–Crippen MR) is 90.3 cm³/mol. The van der Waals surface area contributed by atoms with E-state index in [0.717, 1.165) is 11.1 Å². The van der Waals surface area contributed by atoms with Crippen molar-refractivity contribution in [2.45, 2.75) is 26.2 Å². The Labute approximate surface area is 140 Å². The van der Waals surface area contributed by atoms with Gasteiger partial charge in [-0.3, -0.25) is 4.79 Å². The molecule has 1 N–H and O–H groups in total. The number of carbonyl (C=O) groups excluding carboxylic acids is 1. The molecule has 4 nitrogen and oxygen atoms in total. The number of rotatable bonds is 5. The van der Waals surface area contributed by atoms with Crippen molar-refractivity contribution >= 4 is 11.6 Å². The van der Waals surface area contributed by atoms with Crippen molar-refractivity contribution in [3.63, 3.8) is 0 Å². The lowest BCUT2D eigenvalue weighted by molar-refractivity contribution is -0.116. The zero-order chi connectivity index (χ0) is 17.1. The molecule has 0 bridgehead atoms. The highest BCUT2D eigenvalue weighted by Crippen LogP contribution is 2.43. The molecule has 1 unspecified atom stereocenters. The average Bonchev–Trinajstić information content (AvgIpc) is 2.56. The molecule has 1 aliphatic rings. The van der Waals surface area contributed by atoms with E-state index in [4.69, 9.17) is 9.47 Å². The minimum Gasteiger partial charge on any atom is -0.490 e. The fraction of sp³-hybridized carbons (Fsp3) is 0.316. The van der Waals surface area contributed by atoms with E-state index in [9.17, 15) is 9.18 Å². The van der Waals surface area contributed by atoms with Crippen LogP contribution < -0.4 is 14.8 Å². The second-order valence-corrected chi connectivity index (χ2v) is 5.61. The highest BCUT2D eigenvalue weighted by Gasteiger charge is 2.28. The zero-order valence-corrected chi connectivity index (χ0v) is 13.8. The van der Waals surface area contributed by atoms with Crippen LogP contribution in [0.5, 0.6) is 11.5 Å². The highest BCUT2D eigenvalue weighted by atomic mass is 19.1. The number of anilines is 1. The number of fused-ring (bicyclic) bond motifs is 1. The lowest BCUT2D eigenvalue weighted by Crippen LogP contribution is -2.23. The smallest absolute Gasteiger partial charge is 0.225 e. The van der Waals surface area contributed by atoms with Crippen LogP contribution in [-0.2, 0) is 4.79 Å². The Balaban J connectivity index is 2.08. The lowest BCUT2D eigenvalue weighted by atomic mass is 9.84. The molecule has 126 valence electrons. The van der Waals surface area contributed by atoms with E-state index < -0.39 is 0 Å². The molecule has 1 heterocycles. The van der Waals surface area contributed by atoms with Gasteiger partial charge in [0.25, 0.3) is 0 Å². The normalized spacial score (nSPS) is 16.3. The van der Waals surface area contributed by atoms with Crippen LogP contribution in [0.3, 0.4) is 0 Å². The summed E-state index contributed by atoms with van der Waals surface area (Å²) in [5.74, 6) is 0.771. The molecule has 5 heteroatoms. The number of nitrogens with one attached hydrogen (secondary N) is 1. The number of amides is 1. The van der Waals surface area contributed by atoms with E-state index in [1.54, 1.807) is 18.2 Å². The third-order valence-corrected chi connectivity index (χ3v) is 4.03. The van der Waals surface area contributed by atoms with Gasteiger partial charge in [0.2, 0.25) is 5.91 Å². The molecule has 24 heavy (non-hydrogen) atoms. The van der Waals surface area contributed by atoms with Crippen molar-refractivity contribution in [1.82, 2.24) is 0 Å². The van der Waals surface area contributed by atoms with Crippen molar-refractivity contribution in [3.05, 3.63) is 53.3 Å². The van der Waals surface area contributed by atoms with Gasteiger partial charge in [0.05, 0.1) is 13.2 Å². The first kappa shape index (κ1) is 16.3. The van der Waals surface area contributed by atoms with Crippen LogP contribution in [-0.4, -0.2) is 19.1 Å². The minimum atomic E-state index is -0.291. The van der Waals surface area contributed by atoms with E-state index >= 15 is 0 Å². The molecule has 0 fully saturated rings. The van der Waals surface area contributed by atoms with Gasteiger partial charge < -0.3 is 14.8 Å². The molecule has 0 spiro atoms. The van der Waals surface area contributed by atoms with Crippen LogP contribution in [0, 0.1) is 5.82 Å². The van der Waals surface area contributed by atoms with E-state index in [0.29, 0.717) is 36.8 Å². The van der Waals surface area contributed by atoms with E-state index in [1.165, 1.54) is 12.1 Å². The van der Waals surface area contributed by atoms with Crippen molar-refractivity contribution in [2.24, 2.45) is 0 Å². The summed E-state index contributed by atoms with van der Waals surface area (Å²) >= 11 is 0. The molecule has 3 rings (SSSR count). The van der Waals surface area contributed by atoms with Gasteiger partial charge in [0.15, 0.2) is 11.5 Å². The standard InChI is InChI=1S/C19H20FNO3/c1-3-23-17-9-15-14(12-5-7-13(20)8-6-12)10-19(22)21-16(15)11-18(17)24-4-2/h5-9,11,14H,3-4,10H2,1-2H3,(H,21,22). The molecular formula is C19H20FNO3. The zero-order valence-electron chi connectivity index (χ0n) is 13.8. The SMILES string of the molecule is CCOc1cc2c(cc1OCC)C(c1ccc(F)cc1)CC(=O)N2. The topological polar surface area (TPSA) is 47.6 Å². The number of hydrogen-bond acceptors (Lipinski definition) is 3. The van der Waals surface area contributed by atoms with Gasteiger partial charge in [-0.05, 0) is 43.2 Å². The van der Waals surface area contributed by atoms with Gasteiger partial charge >= 0.3 is 0 Å². The highest BCUT2D eigenvalue weighted by molar-refractivity contribution is 5.96. The number of carbonyl (C=O) groups is 1. The van der Waals surface area contributed by atoms with E-state index in [2.05, 4.69) is 5.32 Å². The van der Waals surface area contributed by atoms with E-state index in [1.807, 2.05) is 19.9 Å². The lowest BCUT2D eigenvalue weighted by Gasteiger charge is -2.27. The fourth-order valence-electron chi connectivity index (χ4n) is 3.00. The molecular weight excluding hydrogens is 309 g/mol. The van der Waals surface area contributed by atoms with Crippen LogP contribution in [0.2, 0.25) is 0 Å². The largest absolute Gasteiger partial charge is 0.490 e. The molecule has 0 aromatic heterocycles. The maximum absolute atomic E-state index is 13.2. The molecule has 0 radical (unpaired) electrons. The molecule has 2 aromatic rings. The summed E-state index contributed by atoms with van der Waals surface area (Å²) < 4.78 is 24.5. The Morgan fingerprint density at radius 1 is 1.08 bits per heavy atom. The summed E-state index contributed by atoms with van der Waals surface area (Å²) in [6, 6.07) is 9.99. The first-order valence-electron chi connectivity index (χ1n) is 8.11. The summed E-state index contributed by atoms with van der Waals surface area (Å²) in [4.78, 5) is 12.1. The van der Waals surface area contributed by atoms with Gasteiger partial charge in [-0.15, -0.1) is 0 Å². The first-order valence-corrected chi connectivity index (χ1v) is 8.11. The summed E-state index contributed by atoms with van der Waals surface area (Å²) in [5.41, 5.74) is 2.57. The van der Waals surface area contributed by atoms with Gasteiger partial charge in [-0.2, -0.15) is 0 Å². The summed E-state index contributed by atoms with van der Waals surface area (Å²) in [7, 11) is 0. The first-order chi connectivity index (χ1) is 11.6. The maximum Gasteiger partial charge on any atom is 0.225 e. The van der Waals surface area contributed by atoms with Gasteiger partial charge in [0.1, 0.15) is 5.82 Å². The average molecular weight is 329 g/mol. The van der Waals surface area contributed by atoms with Crippen LogP contribution in [0.1, 0.15) is 37.3 Å². The second kappa shape index (κ2) is 6.91. The van der Waals surface area contributed by atoms with Crippen LogP contribution in [0.4, 0.5) is 10.1 Å². The minimum absolute atomic E-state index is 0.0663. The number of hydrogen-bond donors (Lipinski definition) is 1.